The lowest BCUT2D eigenvalue weighted by molar-refractivity contribution is -0.0499. The van der Waals surface area contributed by atoms with Crippen LogP contribution in [0.5, 0.6) is 11.5 Å². The zero-order valence-corrected chi connectivity index (χ0v) is 13.9. The van der Waals surface area contributed by atoms with Crippen molar-refractivity contribution in [3.63, 3.8) is 0 Å². The summed E-state index contributed by atoms with van der Waals surface area (Å²) in [5.74, 6) is -0.286. The van der Waals surface area contributed by atoms with Crippen LogP contribution in [0.25, 0.3) is 0 Å². The van der Waals surface area contributed by atoms with E-state index < -0.39 is 6.61 Å². The van der Waals surface area contributed by atoms with Crippen molar-refractivity contribution in [2.24, 2.45) is 0 Å². The molecule has 25 heavy (non-hydrogen) atoms. The lowest BCUT2D eigenvalue weighted by Gasteiger charge is -2.27. The molecule has 0 spiro atoms. The van der Waals surface area contributed by atoms with Gasteiger partial charge in [-0.2, -0.15) is 8.78 Å². The average Bonchev–Trinajstić information content (AvgIpc) is 2.56. The van der Waals surface area contributed by atoms with Crippen LogP contribution in [0.15, 0.2) is 36.4 Å². The van der Waals surface area contributed by atoms with Gasteiger partial charge in [0.05, 0.1) is 11.1 Å². The molecule has 0 aromatic heterocycles. The molecule has 2 N–H and O–H groups in total. The van der Waals surface area contributed by atoms with Gasteiger partial charge in [0, 0.05) is 5.56 Å². The fourth-order valence-corrected chi connectivity index (χ4v) is 3.19. The molecule has 4 nitrogen and oxygen atoms in total. The van der Waals surface area contributed by atoms with Gasteiger partial charge in [-0.05, 0) is 60.7 Å². The summed E-state index contributed by atoms with van der Waals surface area (Å²) in [5.41, 5.74) is 2.12. The summed E-state index contributed by atoms with van der Waals surface area (Å²) < 4.78 is 29.1. The lowest BCUT2D eigenvalue weighted by Crippen LogP contribution is -2.31. The monoisotopic (exact) mass is 367 g/mol. The molecule has 1 unspecified atom stereocenters. The van der Waals surface area contributed by atoms with Gasteiger partial charge in [0.1, 0.15) is 11.5 Å². The predicted octanol–water partition coefficient (Wildman–Crippen LogP) is 4.45. The van der Waals surface area contributed by atoms with Crippen LogP contribution in [0.1, 0.15) is 40.4 Å². The van der Waals surface area contributed by atoms with Crippen molar-refractivity contribution in [2.75, 3.05) is 0 Å². The molecule has 0 saturated heterocycles. The highest BCUT2D eigenvalue weighted by atomic mass is 35.5. The molecule has 7 heteroatoms. The van der Waals surface area contributed by atoms with Crippen molar-refractivity contribution < 1.29 is 23.4 Å². The number of carbonyl (C=O) groups is 1. The molecule has 0 radical (unpaired) electrons. The average molecular weight is 368 g/mol. The van der Waals surface area contributed by atoms with E-state index >= 15 is 0 Å². The number of benzene rings is 2. The van der Waals surface area contributed by atoms with E-state index in [9.17, 15) is 18.7 Å². The number of halogens is 3. The van der Waals surface area contributed by atoms with Crippen LogP contribution in [-0.4, -0.2) is 17.6 Å². The quantitative estimate of drug-likeness (QED) is 0.839. The second-order valence-electron chi connectivity index (χ2n) is 5.82. The molecule has 0 heterocycles. The summed E-state index contributed by atoms with van der Waals surface area (Å²) >= 11 is 5.84. The van der Waals surface area contributed by atoms with Crippen molar-refractivity contribution in [2.45, 2.75) is 31.9 Å². The molecular formula is C18H16ClF2NO3. The summed E-state index contributed by atoms with van der Waals surface area (Å²) in [5, 5.41) is 12.5. The number of ether oxygens (including phenoxy) is 1. The van der Waals surface area contributed by atoms with E-state index in [4.69, 9.17) is 11.6 Å². The second-order valence-corrected chi connectivity index (χ2v) is 6.23. The Hall–Kier alpha value is -2.34. The van der Waals surface area contributed by atoms with Crippen LogP contribution in [0.2, 0.25) is 5.02 Å². The number of aromatic hydroxyl groups is 1. The highest BCUT2D eigenvalue weighted by molar-refractivity contribution is 6.32. The summed E-state index contributed by atoms with van der Waals surface area (Å²) in [6, 6.07) is 8.81. The topological polar surface area (TPSA) is 58.6 Å². The first-order chi connectivity index (χ1) is 11.9. The third-order valence-corrected chi connectivity index (χ3v) is 4.47. The van der Waals surface area contributed by atoms with Crippen molar-refractivity contribution in [1.29, 1.82) is 0 Å². The maximum atomic E-state index is 12.4. The van der Waals surface area contributed by atoms with Gasteiger partial charge in [-0.25, -0.2) is 0 Å². The van der Waals surface area contributed by atoms with E-state index in [2.05, 4.69) is 10.1 Å². The SMILES string of the molecule is O=C(NC1CCCc2cc(OC(F)F)ccc21)c1ccc(O)c(Cl)c1. The third kappa shape index (κ3) is 4.02. The minimum Gasteiger partial charge on any atom is -0.506 e. The van der Waals surface area contributed by atoms with Gasteiger partial charge in [-0.1, -0.05) is 17.7 Å². The van der Waals surface area contributed by atoms with Gasteiger partial charge < -0.3 is 15.2 Å². The smallest absolute Gasteiger partial charge is 0.387 e. The van der Waals surface area contributed by atoms with Gasteiger partial charge in [0.25, 0.3) is 5.91 Å². The molecule has 3 rings (SSSR count). The number of hydrogen-bond donors (Lipinski definition) is 2. The Morgan fingerprint density at radius 2 is 2.08 bits per heavy atom. The molecule has 1 aliphatic carbocycles. The molecule has 1 aliphatic rings. The molecule has 0 aliphatic heterocycles. The second kappa shape index (κ2) is 7.27. The number of fused-ring (bicyclic) bond motifs is 1. The molecule has 1 amide bonds. The largest absolute Gasteiger partial charge is 0.506 e. The van der Waals surface area contributed by atoms with E-state index in [1.165, 1.54) is 24.3 Å². The predicted molar refractivity (Wildman–Crippen MR) is 89.3 cm³/mol. The number of carbonyl (C=O) groups excluding carboxylic acids is 1. The van der Waals surface area contributed by atoms with E-state index in [1.807, 2.05) is 0 Å². The fourth-order valence-electron chi connectivity index (χ4n) is 3.01. The van der Waals surface area contributed by atoms with Crippen molar-refractivity contribution in [3.05, 3.63) is 58.1 Å². The molecule has 132 valence electrons. The first-order valence-corrected chi connectivity index (χ1v) is 8.19. The summed E-state index contributed by atoms with van der Waals surface area (Å²) in [6.07, 6.45) is 2.32. The Morgan fingerprint density at radius 1 is 1.28 bits per heavy atom. The zero-order chi connectivity index (χ0) is 18.0. The van der Waals surface area contributed by atoms with Gasteiger partial charge in [0.2, 0.25) is 0 Å². The van der Waals surface area contributed by atoms with E-state index in [1.54, 1.807) is 12.1 Å². The molecule has 0 bridgehead atoms. The van der Waals surface area contributed by atoms with Gasteiger partial charge >= 0.3 is 6.61 Å². The number of nitrogens with one attached hydrogen (secondary N) is 1. The third-order valence-electron chi connectivity index (χ3n) is 4.17. The normalized spacial score (nSPS) is 16.4. The minimum absolute atomic E-state index is 0.0900. The molecule has 1 atom stereocenters. The number of rotatable bonds is 4. The number of aryl methyl sites for hydroxylation is 1. The van der Waals surface area contributed by atoms with Crippen molar-refractivity contribution >= 4 is 17.5 Å². The minimum atomic E-state index is -2.86. The summed E-state index contributed by atoms with van der Waals surface area (Å²) in [7, 11) is 0. The van der Waals surface area contributed by atoms with Crippen LogP contribution < -0.4 is 10.1 Å². The van der Waals surface area contributed by atoms with Crippen molar-refractivity contribution in [1.82, 2.24) is 5.32 Å². The molecule has 2 aromatic carbocycles. The van der Waals surface area contributed by atoms with Crippen LogP contribution >= 0.6 is 11.6 Å². The first kappa shape index (κ1) is 17.5. The van der Waals surface area contributed by atoms with Gasteiger partial charge in [0.15, 0.2) is 0 Å². The highest BCUT2D eigenvalue weighted by Gasteiger charge is 2.23. The Bertz CT molecular complexity index is 798. The number of alkyl halides is 2. The van der Waals surface area contributed by atoms with Gasteiger partial charge in [-0.15, -0.1) is 0 Å². The molecular weight excluding hydrogens is 352 g/mol. The van der Waals surface area contributed by atoms with Crippen LogP contribution in [0.4, 0.5) is 8.78 Å². The number of amides is 1. The Morgan fingerprint density at radius 3 is 2.80 bits per heavy atom. The van der Waals surface area contributed by atoms with Crippen molar-refractivity contribution in [3.8, 4) is 11.5 Å². The van der Waals surface area contributed by atoms with Gasteiger partial charge in [-0.3, -0.25) is 4.79 Å². The maximum Gasteiger partial charge on any atom is 0.387 e. The number of phenols is 1. The van der Waals surface area contributed by atoms with E-state index in [-0.39, 0.29) is 28.5 Å². The van der Waals surface area contributed by atoms with Crippen LogP contribution in [-0.2, 0) is 6.42 Å². The van der Waals surface area contributed by atoms with Crippen LogP contribution in [0, 0.1) is 0 Å². The Labute approximate surface area is 148 Å². The number of hydrogen-bond acceptors (Lipinski definition) is 3. The molecule has 2 aromatic rings. The highest BCUT2D eigenvalue weighted by Crippen LogP contribution is 2.33. The number of phenolic OH excluding ortho intramolecular Hbond substituents is 1. The van der Waals surface area contributed by atoms with E-state index in [0.29, 0.717) is 5.56 Å². The molecule has 0 saturated carbocycles. The lowest BCUT2D eigenvalue weighted by atomic mass is 9.87. The maximum absolute atomic E-state index is 12.4. The Balaban J connectivity index is 1.78. The fraction of sp³-hybridized carbons (Fsp3) is 0.278. The summed E-state index contributed by atoms with van der Waals surface area (Å²) in [4.78, 5) is 12.4. The van der Waals surface area contributed by atoms with E-state index in [0.717, 1.165) is 30.4 Å². The summed E-state index contributed by atoms with van der Waals surface area (Å²) in [6.45, 7) is -2.86. The Kier molecular flexibility index (Phi) is 5.08. The molecule has 0 fully saturated rings. The first-order valence-electron chi connectivity index (χ1n) is 7.81. The van der Waals surface area contributed by atoms with Crippen LogP contribution in [0.3, 0.4) is 0 Å². The standard InChI is InChI=1S/C18H16ClF2NO3/c19-14-9-11(4-7-16(14)23)17(24)22-15-3-1-2-10-8-12(25-18(20)21)5-6-13(10)15/h4-9,15,18,23H,1-3H2,(H,22,24). The zero-order valence-electron chi connectivity index (χ0n) is 13.1.